The van der Waals surface area contributed by atoms with Gasteiger partial charge >= 0.3 is 5.97 Å². The average molecular weight is 169 g/mol. The molecule has 12 heavy (non-hydrogen) atoms. The first-order valence-electron chi connectivity index (χ1n) is 3.55. The summed E-state index contributed by atoms with van der Waals surface area (Å²) in [5, 5.41) is 0. The molecule has 0 aromatic carbocycles. The average Bonchev–Trinajstić information content (AvgIpc) is 2.46. The Balaban J connectivity index is 2.87. The summed E-state index contributed by atoms with van der Waals surface area (Å²) in [7, 11) is 1.32. The number of aliphatic imine (C=N–C) groups is 1. The fourth-order valence-corrected chi connectivity index (χ4v) is 1.07. The van der Waals surface area contributed by atoms with E-state index in [0.717, 1.165) is 0 Å². The Hall–Kier alpha value is -1.32. The van der Waals surface area contributed by atoms with Crippen molar-refractivity contribution < 1.29 is 14.3 Å². The van der Waals surface area contributed by atoms with E-state index in [0.29, 0.717) is 0 Å². The number of carbonyl (C=O) groups excluding carboxylic acids is 1. The Labute approximate surface area is 70.9 Å². The van der Waals surface area contributed by atoms with Crippen LogP contribution in [0.25, 0.3) is 0 Å². The van der Waals surface area contributed by atoms with Crippen molar-refractivity contribution >= 4 is 12.4 Å². The van der Waals surface area contributed by atoms with Crippen molar-refractivity contribution in [1.29, 1.82) is 0 Å². The van der Waals surface area contributed by atoms with Gasteiger partial charge in [-0.2, -0.15) is 0 Å². The molecule has 66 valence electrons. The molecule has 1 aliphatic heterocycles. The van der Waals surface area contributed by atoms with Crippen molar-refractivity contribution in [3.63, 3.8) is 0 Å². The molecule has 2 unspecified atom stereocenters. The largest absolute Gasteiger partial charge is 0.473 e. The third-order valence-corrected chi connectivity index (χ3v) is 1.90. The first kappa shape index (κ1) is 8.77. The van der Waals surface area contributed by atoms with E-state index in [1.165, 1.54) is 19.6 Å². The van der Waals surface area contributed by atoms with Crippen LogP contribution in [0, 0.1) is 0 Å². The Kier molecular flexibility index (Phi) is 2.17. The topological polar surface area (TPSA) is 47.9 Å². The Morgan fingerprint density at radius 3 is 3.08 bits per heavy atom. The molecule has 1 heterocycles. The van der Waals surface area contributed by atoms with Crippen molar-refractivity contribution in [2.45, 2.75) is 18.6 Å². The second-order valence-electron chi connectivity index (χ2n) is 2.67. The van der Waals surface area contributed by atoms with Crippen LogP contribution >= 0.6 is 0 Å². The molecule has 0 amide bonds. The van der Waals surface area contributed by atoms with Gasteiger partial charge in [0.1, 0.15) is 0 Å². The fraction of sp³-hybridized carbons (Fsp3) is 0.500. The second kappa shape index (κ2) is 2.97. The molecule has 0 aliphatic carbocycles. The maximum atomic E-state index is 11.2. The van der Waals surface area contributed by atoms with Gasteiger partial charge in [-0.25, -0.2) is 9.79 Å². The normalized spacial score (nSPS) is 32.7. The SMILES string of the molecule is C=CC1OC=NC1(C)C(=O)OC. The van der Waals surface area contributed by atoms with E-state index in [1.54, 1.807) is 6.92 Å². The Morgan fingerprint density at radius 2 is 2.58 bits per heavy atom. The highest BCUT2D eigenvalue weighted by molar-refractivity contribution is 5.84. The number of ether oxygens (including phenoxy) is 2. The van der Waals surface area contributed by atoms with Gasteiger partial charge in [0.25, 0.3) is 0 Å². The van der Waals surface area contributed by atoms with Gasteiger partial charge in [0.05, 0.1) is 7.11 Å². The summed E-state index contributed by atoms with van der Waals surface area (Å²) in [5.74, 6) is -0.416. The molecule has 0 spiro atoms. The second-order valence-corrected chi connectivity index (χ2v) is 2.67. The van der Waals surface area contributed by atoms with Gasteiger partial charge in [-0.1, -0.05) is 6.58 Å². The summed E-state index contributed by atoms with van der Waals surface area (Å²) in [5.41, 5.74) is -0.962. The molecule has 0 radical (unpaired) electrons. The lowest BCUT2D eigenvalue weighted by Gasteiger charge is -2.21. The van der Waals surface area contributed by atoms with Gasteiger partial charge in [-0.05, 0) is 13.0 Å². The highest BCUT2D eigenvalue weighted by atomic mass is 16.5. The van der Waals surface area contributed by atoms with E-state index in [-0.39, 0.29) is 0 Å². The van der Waals surface area contributed by atoms with E-state index in [4.69, 9.17) is 4.74 Å². The number of hydrogen-bond donors (Lipinski definition) is 0. The van der Waals surface area contributed by atoms with Crippen molar-refractivity contribution in [3.05, 3.63) is 12.7 Å². The van der Waals surface area contributed by atoms with Crippen LogP contribution in [-0.2, 0) is 14.3 Å². The number of esters is 1. The zero-order chi connectivity index (χ0) is 9.19. The minimum atomic E-state index is -0.962. The summed E-state index contributed by atoms with van der Waals surface area (Å²) < 4.78 is 9.62. The Bertz CT molecular complexity index is 236. The molecule has 0 fully saturated rings. The minimum absolute atomic E-state index is 0.416. The predicted octanol–water partition coefficient (Wildman–Crippen LogP) is 0.531. The van der Waals surface area contributed by atoms with Crippen LogP contribution in [0.2, 0.25) is 0 Å². The molecular formula is C8H11NO3. The van der Waals surface area contributed by atoms with Crippen molar-refractivity contribution in [3.8, 4) is 0 Å². The van der Waals surface area contributed by atoms with E-state index >= 15 is 0 Å². The summed E-state index contributed by atoms with van der Waals surface area (Å²) in [6.07, 6.45) is 2.36. The zero-order valence-corrected chi connectivity index (χ0v) is 7.11. The molecule has 0 bridgehead atoms. The van der Waals surface area contributed by atoms with Crippen LogP contribution in [0.1, 0.15) is 6.92 Å². The fourth-order valence-electron chi connectivity index (χ4n) is 1.07. The van der Waals surface area contributed by atoms with Gasteiger partial charge in [-0.3, -0.25) is 0 Å². The number of nitrogens with zero attached hydrogens (tertiary/aromatic N) is 1. The molecule has 0 saturated heterocycles. The van der Waals surface area contributed by atoms with Gasteiger partial charge in [0.2, 0.25) is 0 Å². The predicted molar refractivity (Wildman–Crippen MR) is 44.0 cm³/mol. The standard InChI is InChI=1S/C8H11NO3/c1-4-6-8(2,7(10)11-3)9-5-12-6/h4-6H,1H2,2-3H3. The molecule has 0 aromatic rings. The van der Waals surface area contributed by atoms with Gasteiger partial charge in [0, 0.05) is 0 Å². The van der Waals surface area contributed by atoms with Gasteiger partial charge in [0.15, 0.2) is 18.0 Å². The van der Waals surface area contributed by atoms with Crippen LogP contribution in [0.15, 0.2) is 17.6 Å². The lowest BCUT2D eigenvalue weighted by molar-refractivity contribution is -0.147. The maximum Gasteiger partial charge on any atom is 0.337 e. The number of methoxy groups -OCH3 is 1. The van der Waals surface area contributed by atoms with Crippen LogP contribution in [0.4, 0.5) is 0 Å². The smallest absolute Gasteiger partial charge is 0.337 e. The number of rotatable bonds is 2. The monoisotopic (exact) mass is 169 g/mol. The maximum absolute atomic E-state index is 11.2. The van der Waals surface area contributed by atoms with Crippen molar-refractivity contribution in [1.82, 2.24) is 0 Å². The quantitative estimate of drug-likeness (QED) is 0.447. The first-order valence-corrected chi connectivity index (χ1v) is 3.55. The zero-order valence-electron chi connectivity index (χ0n) is 7.11. The summed E-state index contributed by atoms with van der Waals surface area (Å²) >= 11 is 0. The molecule has 0 saturated carbocycles. The lowest BCUT2D eigenvalue weighted by Crippen LogP contribution is -2.42. The third-order valence-electron chi connectivity index (χ3n) is 1.90. The summed E-state index contributed by atoms with van der Waals surface area (Å²) in [4.78, 5) is 15.1. The summed E-state index contributed by atoms with van der Waals surface area (Å²) in [6, 6.07) is 0. The highest BCUT2D eigenvalue weighted by Crippen LogP contribution is 2.24. The highest BCUT2D eigenvalue weighted by Gasteiger charge is 2.45. The van der Waals surface area contributed by atoms with Gasteiger partial charge in [-0.15, -0.1) is 0 Å². The molecule has 4 heteroatoms. The Morgan fingerprint density at radius 1 is 1.92 bits per heavy atom. The van der Waals surface area contributed by atoms with Crippen LogP contribution < -0.4 is 0 Å². The van der Waals surface area contributed by atoms with E-state index in [2.05, 4.69) is 16.3 Å². The third kappa shape index (κ3) is 1.09. The number of carbonyl (C=O) groups is 1. The van der Waals surface area contributed by atoms with E-state index in [1.807, 2.05) is 0 Å². The molecular weight excluding hydrogens is 158 g/mol. The van der Waals surface area contributed by atoms with Gasteiger partial charge < -0.3 is 9.47 Å². The van der Waals surface area contributed by atoms with Crippen LogP contribution in [0.5, 0.6) is 0 Å². The summed E-state index contributed by atoms with van der Waals surface area (Å²) in [6.45, 7) is 5.19. The number of hydrogen-bond acceptors (Lipinski definition) is 4. The minimum Gasteiger partial charge on any atom is -0.473 e. The van der Waals surface area contributed by atoms with Crippen molar-refractivity contribution in [2.75, 3.05) is 7.11 Å². The molecule has 2 atom stereocenters. The molecule has 0 N–H and O–H groups in total. The van der Waals surface area contributed by atoms with E-state index in [9.17, 15) is 4.79 Å². The first-order chi connectivity index (χ1) is 5.65. The van der Waals surface area contributed by atoms with Crippen molar-refractivity contribution in [2.24, 2.45) is 4.99 Å². The van der Waals surface area contributed by atoms with Crippen LogP contribution in [-0.4, -0.2) is 31.1 Å². The lowest BCUT2D eigenvalue weighted by atomic mass is 9.96. The molecule has 1 rings (SSSR count). The molecule has 1 aliphatic rings. The van der Waals surface area contributed by atoms with Crippen LogP contribution in [0.3, 0.4) is 0 Å². The van der Waals surface area contributed by atoms with E-state index < -0.39 is 17.6 Å². The molecule has 4 nitrogen and oxygen atoms in total. The molecule has 0 aromatic heterocycles.